The van der Waals surface area contributed by atoms with Gasteiger partial charge < -0.3 is 10.1 Å². The van der Waals surface area contributed by atoms with E-state index < -0.39 is 0 Å². The van der Waals surface area contributed by atoms with Gasteiger partial charge in [-0.3, -0.25) is 0 Å². The molecule has 2 heterocycles. The van der Waals surface area contributed by atoms with E-state index in [-0.39, 0.29) is 0 Å². The molecule has 0 bridgehead atoms. The van der Waals surface area contributed by atoms with E-state index in [9.17, 15) is 0 Å². The topological polar surface area (TPSA) is 21.3 Å². The summed E-state index contributed by atoms with van der Waals surface area (Å²) in [6.07, 6.45) is 9.51. The third-order valence-corrected chi connectivity index (χ3v) is 3.03. The molecule has 0 saturated carbocycles. The SMILES string of the molecule is C1=CC2(CCCOCC2)CCN1. The van der Waals surface area contributed by atoms with Crippen molar-refractivity contribution in [3.63, 3.8) is 0 Å². The highest BCUT2D eigenvalue weighted by molar-refractivity contribution is 5.03. The van der Waals surface area contributed by atoms with Gasteiger partial charge in [0.25, 0.3) is 0 Å². The van der Waals surface area contributed by atoms with Crippen LogP contribution in [-0.2, 0) is 4.74 Å². The van der Waals surface area contributed by atoms with Crippen LogP contribution < -0.4 is 5.32 Å². The van der Waals surface area contributed by atoms with Crippen LogP contribution in [0.1, 0.15) is 25.7 Å². The molecular formula is C10H17NO. The van der Waals surface area contributed by atoms with Gasteiger partial charge >= 0.3 is 0 Å². The van der Waals surface area contributed by atoms with E-state index in [0.29, 0.717) is 5.41 Å². The monoisotopic (exact) mass is 167 g/mol. The molecule has 0 radical (unpaired) electrons. The maximum Gasteiger partial charge on any atom is 0.0474 e. The number of hydrogen-bond donors (Lipinski definition) is 1. The molecule has 0 aromatic carbocycles. The molecule has 1 atom stereocenters. The molecule has 2 aliphatic rings. The summed E-state index contributed by atoms with van der Waals surface area (Å²) in [5, 5.41) is 3.26. The fraction of sp³-hybridized carbons (Fsp3) is 0.800. The number of allylic oxidation sites excluding steroid dienone is 1. The molecule has 2 heteroatoms. The van der Waals surface area contributed by atoms with Gasteiger partial charge in [0.2, 0.25) is 0 Å². The third-order valence-electron chi connectivity index (χ3n) is 3.03. The van der Waals surface area contributed by atoms with Crippen molar-refractivity contribution in [1.29, 1.82) is 0 Å². The zero-order chi connectivity index (χ0) is 8.28. The molecule has 0 aliphatic carbocycles. The predicted octanol–water partition coefficient (Wildman–Crippen LogP) is 1.68. The van der Waals surface area contributed by atoms with Gasteiger partial charge in [-0.2, -0.15) is 0 Å². The maximum atomic E-state index is 5.47. The van der Waals surface area contributed by atoms with Gasteiger partial charge in [-0.05, 0) is 37.3 Å². The molecule has 0 amide bonds. The first-order chi connectivity index (χ1) is 5.91. The molecule has 0 aromatic heterocycles. The van der Waals surface area contributed by atoms with E-state index in [2.05, 4.69) is 17.6 Å². The summed E-state index contributed by atoms with van der Waals surface area (Å²) >= 11 is 0. The predicted molar refractivity (Wildman–Crippen MR) is 48.9 cm³/mol. The lowest BCUT2D eigenvalue weighted by Gasteiger charge is -2.31. The minimum atomic E-state index is 0.474. The van der Waals surface area contributed by atoms with Crippen molar-refractivity contribution < 1.29 is 4.74 Å². The van der Waals surface area contributed by atoms with Crippen LogP contribution in [0, 0.1) is 5.41 Å². The smallest absolute Gasteiger partial charge is 0.0474 e. The Morgan fingerprint density at radius 2 is 2.17 bits per heavy atom. The first-order valence-electron chi connectivity index (χ1n) is 4.90. The van der Waals surface area contributed by atoms with E-state index in [1.54, 1.807) is 0 Å². The van der Waals surface area contributed by atoms with Crippen molar-refractivity contribution in [2.45, 2.75) is 25.7 Å². The van der Waals surface area contributed by atoms with Crippen molar-refractivity contribution in [2.24, 2.45) is 5.41 Å². The average molecular weight is 167 g/mol. The van der Waals surface area contributed by atoms with E-state index in [1.165, 1.54) is 25.7 Å². The molecule has 1 N–H and O–H groups in total. The van der Waals surface area contributed by atoms with Crippen LogP contribution in [-0.4, -0.2) is 19.8 Å². The molecule has 1 unspecified atom stereocenters. The van der Waals surface area contributed by atoms with Crippen molar-refractivity contribution >= 4 is 0 Å². The summed E-state index contributed by atoms with van der Waals surface area (Å²) in [7, 11) is 0. The summed E-state index contributed by atoms with van der Waals surface area (Å²) in [5.74, 6) is 0. The van der Waals surface area contributed by atoms with Crippen LogP contribution in [0.15, 0.2) is 12.3 Å². The van der Waals surface area contributed by atoms with E-state index >= 15 is 0 Å². The van der Waals surface area contributed by atoms with Gasteiger partial charge in [-0.1, -0.05) is 6.08 Å². The Balaban J connectivity index is 2.05. The standard InChI is InChI=1S/C10H17NO/c1-2-10(5-9-12-8-1)3-6-11-7-4-10/h3,6,11H,1-2,4-5,7-9H2. The highest BCUT2D eigenvalue weighted by Crippen LogP contribution is 2.36. The largest absolute Gasteiger partial charge is 0.391 e. The molecule has 1 saturated heterocycles. The molecule has 0 aromatic rings. The quantitative estimate of drug-likeness (QED) is 0.592. The molecule has 2 nitrogen and oxygen atoms in total. The van der Waals surface area contributed by atoms with Gasteiger partial charge in [-0.15, -0.1) is 0 Å². The van der Waals surface area contributed by atoms with E-state index in [1.807, 2.05) is 0 Å². The van der Waals surface area contributed by atoms with Gasteiger partial charge in [0, 0.05) is 19.8 Å². The Morgan fingerprint density at radius 1 is 1.17 bits per heavy atom. The molecule has 1 spiro atoms. The van der Waals surface area contributed by atoms with Crippen LogP contribution in [0.3, 0.4) is 0 Å². The summed E-state index contributed by atoms with van der Waals surface area (Å²) in [6, 6.07) is 0. The minimum absolute atomic E-state index is 0.474. The Kier molecular flexibility index (Phi) is 2.35. The van der Waals surface area contributed by atoms with Gasteiger partial charge in [0.15, 0.2) is 0 Å². The summed E-state index contributed by atoms with van der Waals surface area (Å²) in [5.41, 5.74) is 0.474. The summed E-state index contributed by atoms with van der Waals surface area (Å²) in [6.45, 7) is 3.05. The first-order valence-corrected chi connectivity index (χ1v) is 4.90. The molecule has 2 aliphatic heterocycles. The lowest BCUT2D eigenvalue weighted by Crippen LogP contribution is -2.28. The third kappa shape index (κ3) is 1.63. The van der Waals surface area contributed by atoms with Crippen molar-refractivity contribution in [1.82, 2.24) is 5.32 Å². The Labute approximate surface area is 74.0 Å². The summed E-state index contributed by atoms with van der Waals surface area (Å²) in [4.78, 5) is 0. The fourth-order valence-electron chi connectivity index (χ4n) is 2.17. The van der Waals surface area contributed by atoms with Gasteiger partial charge in [0.05, 0.1) is 0 Å². The second-order valence-corrected chi connectivity index (χ2v) is 3.87. The van der Waals surface area contributed by atoms with E-state index in [0.717, 1.165) is 19.8 Å². The molecule has 12 heavy (non-hydrogen) atoms. The van der Waals surface area contributed by atoms with Gasteiger partial charge in [0.1, 0.15) is 0 Å². The lowest BCUT2D eigenvalue weighted by atomic mass is 9.77. The van der Waals surface area contributed by atoms with E-state index in [4.69, 9.17) is 4.74 Å². The second-order valence-electron chi connectivity index (χ2n) is 3.87. The zero-order valence-corrected chi connectivity index (χ0v) is 7.51. The number of hydrogen-bond acceptors (Lipinski definition) is 2. The number of rotatable bonds is 0. The second kappa shape index (κ2) is 3.48. The van der Waals surface area contributed by atoms with Gasteiger partial charge in [-0.25, -0.2) is 0 Å². The Morgan fingerprint density at radius 3 is 3.00 bits per heavy atom. The van der Waals surface area contributed by atoms with Crippen LogP contribution in [0.5, 0.6) is 0 Å². The minimum Gasteiger partial charge on any atom is -0.391 e. The highest BCUT2D eigenvalue weighted by atomic mass is 16.5. The molecule has 2 rings (SSSR count). The normalized spacial score (nSPS) is 36.0. The maximum absolute atomic E-state index is 5.47. The highest BCUT2D eigenvalue weighted by Gasteiger charge is 2.29. The van der Waals surface area contributed by atoms with Crippen LogP contribution >= 0.6 is 0 Å². The zero-order valence-electron chi connectivity index (χ0n) is 7.51. The van der Waals surface area contributed by atoms with Crippen molar-refractivity contribution in [3.8, 4) is 0 Å². The average Bonchev–Trinajstić information content (AvgIpc) is 2.33. The van der Waals surface area contributed by atoms with Crippen molar-refractivity contribution in [2.75, 3.05) is 19.8 Å². The van der Waals surface area contributed by atoms with Crippen LogP contribution in [0.2, 0.25) is 0 Å². The molecular weight excluding hydrogens is 150 g/mol. The Hall–Kier alpha value is -0.500. The fourth-order valence-corrected chi connectivity index (χ4v) is 2.17. The first kappa shape index (κ1) is 8.11. The number of nitrogens with one attached hydrogen (secondary N) is 1. The number of ether oxygens (including phenoxy) is 1. The van der Waals surface area contributed by atoms with Crippen molar-refractivity contribution in [3.05, 3.63) is 12.3 Å². The lowest BCUT2D eigenvalue weighted by molar-refractivity contribution is 0.135. The summed E-state index contributed by atoms with van der Waals surface area (Å²) < 4.78 is 5.47. The Bertz CT molecular complexity index is 169. The van der Waals surface area contributed by atoms with Crippen LogP contribution in [0.4, 0.5) is 0 Å². The molecule has 1 fully saturated rings. The molecule has 68 valence electrons. The van der Waals surface area contributed by atoms with Crippen LogP contribution in [0.25, 0.3) is 0 Å².